The molecule has 1 aliphatic heterocycles. The highest BCUT2D eigenvalue weighted by Gasteiger charge is 2.25. The number of carbonyl (C=O) groups excluding carboxylic acids is 1. The summed E-state index contributed by atoms with van der Waals surface area (Å²) in [5.74, 6) is 0.233. The Morgan fingerprint density at radius 3 is 2.90 bits per heavy atom. The number of carbonyl (C=O) groups is 1. The minimum Gasteiger partial charge on any atom is -0.339 e. The number of piperidine rings is 1. The van der Waals surface area contributed by atoms with Crippen LogP contribution in [0.4, 0.5) is 0 Å². The van der Waals surface area contributed by atoms with Gasteiger partial charge in [-0.3, -0.25) is 4.79 Å². The van der Waals surface area contributed by atoms with Crippen LogP contribution in [-0.2, 0) is 11.2 Å². The Bertz CT molecular complexity index is 440. The molecule has 112 valence electrons. The molecule has 0 saturated carbocycles. The maximum atomic E-state index is 12.4. The van der Waals surface area contributed by atoms with E-state index in [1.165, 1.54) is 6.42 Å². The van der Waals surface area contributed by atoms with Gasteiger partial charge in [-0.05, 0) is 49.9 Å². The van der Waals surface area contributed by atoms with Crippen molar-refractivity contribution < 1.29 is 4.79 Å². The highest BCUT2D eigenvalue weighted by molar-refractivity contribution is 9.10. The van der Waals surface area contributed by atoms with Crippen molar-refractivity contribution in [2.24, 2.45) is 5.73 Å². The zero-order chi connectivity index (χ0) is 13.7. The molecule has 0 aliphatic carbocycles. The fourth-order valence-corrected chi connectivity index (χ4v) is 3.19. The van der Waals surface area contributed by atoms with Gasteiger partial charge in [0.2, 0.25) is 5.91 Å². The lowest BCUT2D eigenvalue weighted by Gasteiger charge is -2.35. The van der Waals surface area contributed by atoms with E-state index in [1.54, 1.807) is 0 Å². The molecule has 1 amide bonds. The van der Waals surface area contributed by atoms with Gasteiger partial charge in [-0.2, -0.15) is 0 Å². The lowest BCUT2D eigenvalue weighted by atomic mass is 9.98. The molecule has 0 aromatic heterocycles. The molecule has 5 heteroatoms. The van der Waals surface area contributed by atoms with E-state index in [9.17, 15) is 4.79 Å². The Morgan fingerprint density at radius 2 is 2.20 bits per heavy atom. The van der Waals surface area contributed by atoms with E-state index in [1.807, 2.05) is 29.2 Å². The van der Waals surface area contributed by atoms with Gasteiger partial charge >= 0.3 is 0 Å². The summed E-state index contributed by atoms with van der Waals surface area (Å²) in [4.78, 5) is 14.5. The molecule has 1 heterocycles. The standard InChI is InChI=1S/C15H21BrN2O.ClH/c16-13-5-3-4-12(10-13)11-15(19)18-9-2-1-6-14(18)7-8-17;/h3-5,10,14H,1-2,6-9,11,17H2;1H. The first-order valence-corrected chi connectivity index (χ1v) is 7.74. The summed E-state index contributed by atoms with van der Waals surface area (Å²) in [5.41, 5.74) is 6.72. The second kappa shape index (κ2) is 8.65. The third kappa shape index (κ3) is 4.76. The Balaban J connectivity index is 0.00000200. The average molecular weight is 362 g/mol. The first-order valence-electron chi connectivity index (χ1n) is 6.94. The summed E-state index contributed by atoms with van der Waals surface area (Å²) < 4.78 is 1.02. The van der Waals surface area contributed by atoms with Crippen LogP contribution in [0.25, 0.3) is 0 Å². The summed E-state index contributed by atoms with van der Waals surface area (Å²) in [5, 5.41) is 0. The number of nitrogens with zero attached hydrogens (tertiary/aromatic N) is 1. The van der Waals surface area contributed by atoms with Crippen molar-refractivity contribution in [3.05, 3.63) is 34.3 Å². The maximum Gasteiger partial charge on any atom is 0.227 e. The SMILES string of the molecule is Cl.NCCC1CCCCN1C(=O)Cc1cccc(Br)c1. The highest BCUT2D eigenvalue weighted by Crippen LogP contribution is 2.21. The topological polar surface area (TPSA) is 46.3 Å². The maximum absolute atomic E-state index is 12.4. The lowest BCUT2D eigenvalue weighted by Crippen LogP contribution is -2.45. The van der Waals surface area contributed by atoms with Crippen LogP contribution in [-0.4, -0.2) is 29.9 Å². The van der Waals surface area contributed by atoms with Crippen LogP contribution < -0.4 is 5.73 Å². The number of benzene rings is 1. The second-order valence-corrected chi connectivity index (χ2v) is 6.04. The van der Waals surface area contributed by atoms with Crippen LogP contribution >= 0.6 is 28.3 Å². The summed E-state index contributed by atoms with van der Waals surface area (Å²) >= 11 is 3.44. The molecule has 20 heavy (non-hydrogen) atoms. The molecule has 1 atom stereocenters. The summed E-state index contributed by atoms with van der Waals surface area (Å²) in [6.45, 7) is 1.54. The van der Waals surface area contributed by atoms with Gasteiger partial charge in [0.15, 0.2) is 0 Å². The molecule has 2 N–H and O–H groups in total. The molecule has 1 fully saturated rings. The predicted octanol–water partition coefficient (Wildman–Crippen LogP) is 3.14. The molecule has 1 aliphatic rings. The fraction of sp³-hybridized carbons (Fsp3) is 0.533. The number of halogens is 2. The number of amides is 1. The number of rotatable bonds is 4. The van der Waals surface area contributed by atoms with Gasteiger partial charge in [-0.1, -0.05) is 28.1 Å². The van der Waals surface area contributed by atoms with Crippen molar-refractivity contribution in [3.63, 3.8) is 0 Å². The van der Waals surface area contributed by atoms with Crippen LogP contribution in [0, 0.1) is 0 Å². The van der Waals surface area contributed by atoms with Gasteiger partial charge in [0.05, 0.1) is 6.42 Å². The average Bonchev–Trinajstić information content (AvgIpc) is 2.39. The minimum absolute atomic E-state index is 0. The van der Waals surface area contributed by atoms with Crippen molar-refractivity contribution in [1.29, 1.82) is 0 Å². The van der Waals surface area contributed by atoms with E-state index in [4.69, 9.17) is 5.73 Å². The van der Waals surface area contributed by atoms with E-state index in [0.29, 0.717) is 19.0 Å². The highest BCUT2D eigenvalue weighted by atomic mass is 79.9. The van der Waals surface area contributed by atoms with E-state index >= 15 is 0 Å². The van der Waals surface area contributed by atoms with Gasteiger partial charge in [-0.15, -0.1) is 12.4 Å². The zero-order valence-electron chi connectivity index (χ0n) is 11.6. The third-order valence-electron chi connectivity index (χ3n) is 3.69. The molecule has 1 unspecified atom stereocenters. The van der Waals surface area contributed by atoms with Crippen molar-refractivity contribution in [2.75, 3.05) is 13.1 Å². The van der Waals surface area contributed by atoms with E-state index in [2.05, 4.69) is 15.9 Å². The van der Waals surface area contributed by atoms with Gasteiger partial charge in [0, 0.05) is 17.1 Å². The smallest absolute Gasteiger partial charge is 0.227 e. The van der Waals surface area contributed by atoms with Crippen molar-refractivity contribution in [3.8, 4) is 0 Å². The van der Waals surface area contributed by atoms with Gasteiger partial charge in [-0.25, -0.2) is 0 Å². The summed E-state index contributed by atoms with van der Waals surface area (Å²) in [6.07, 6.45) is 4.84. The molecule has 0 bridgehead atoms. The largest absolute Gasteiger partial charge is 0.339 e. The fourth-order valence-electron chi connectivity index (χ4n) is 2.74. The molecule has 3 nitrogen and oxygen atoms in total. The first kappa shape index (κ1) is 17.5. The molecule has 0 spiro atoms. The molecule has 1 saturated heterocycles. The molecular formula is C15H22BrClN2O. The van der Waals surface area contributed by atoms with Crippen molar-refractivity contribution in [2.45, 2.75) is 38.1 Å². The Labute approximate surface area is 135 Å². The number of hydrogen-bond donors (Lipinski definition) is 1. The minimum atomic E-state index is 0. The van der Waals surface area contributed by atoms with Crippen molar-refractivity contribution in [1.82, 2.24) is 4.90 Å². The normalized spacial score (nSPS) is 18.5. The van der Waals surface area contributed by atoms with Crippen LogP contribution in [0.5, 0.6) is 0 Å². The number of likely N-dealkylation sites (tertiary alicyclic amines) is 1. The quantitative estimate of drug-likeness (QED) is 0.895. The Kier molecular flexibility index (Phi) is 7.56. The van der Waals surface area contributed by atoms with Crippen LogP contribution in [0.3, 0.4) is 0 Å². The van der Waals surface area contributed by atoms with E-state index in [0.717, 1.165) is 35.8 Å². The van der Waals surface area contributed by atoms with E-state index < -0.39 is 0 Å². The van der Waals surface area contributed by atoms with Gasteiger partial charge < -0.3 is 10.6 Å². The summed E-state index contributed by atoms with van der Waals surface area (Å²) in [6, 6.07) is 8.31. The molecule has 2 rings (SSSR count). The third-order valence-corrected chi connectivity index (χ3v) is 4.19. The predicted molar refractivity (Wildman–Crippen MR) is 88.1 cm³/mol. The Morgan fingerprint density at radius 1 is 1.40 bits per heavy atom. The second-order valence-electron chi connectivity index (χ2n) is 5.12. The molecule has 0 radical (unpaired) electrons. The summed E-state index contributed by atoms with van der Waals surface area (Å²) in [7, 11) is 0. The van der Waals surface area contributed by atoms with Crippen LogP contribution in [0.2, 0.25) is 0 Å². The van der Waals surface area contributed by atoms with Gasteiger partial charge in [0.25, 0.3) is 0 Å². The molecule has 1 aromatic rings. The van der Waals surface area contributed by atoms with Crippen LogP contribution in [0.15, 0.2) is 28.7 Å². The monoisotopic (exact) mass is 360 g/mol. The van der Waals surface area contributed by atoms with E-state index in [-0.39, 0.29) is 18.3 Å². The number of nitrogens with two attached hydrogens (primary N) is 1. The number of hydrogen-bond acceptors (Lipinski definition) is 2. The van der Waals surface area contributed by atoms with Crippen molar-refractivity contribution >= 4 is 34.2 Å². The first-order chi connectivity index (χ1) is 9.20. The lowest BCUT2D eigenvalue weighted by molar-refractivity contribution is -0.134. The Hall–Kier alpha value is -0.580. The van der Waals surface area contributed by atoms with Crippen LogP contribution in [0.1, 0.15) is 31.2 Å². The molecule has 1 aromatic carbocycles. The zero-order valence-corrected chi connectivity index (χ0v) is 14.0. The van der Waals surface area contributed by atoms with Gasteiger partial charge in [0.1, 0.15) is 0 Å². The molecular weight excluding hydrogens is 340 g/mol.